The number of benzene rings is 2. The molecule has 0 spiro atoms. The topological polar surface area (TPSA) is 56.3 Å². The van der Waals surface area contributed by atoms with Crippen LogP contribution >= 0.6 is 11.3 Å². The van der Waals surface area contributed by atoms with Gasteiger partial charge >= 0.3 is 0 Å². The second-order valence-corrected chi connectivity index (χ2v) is 6.91. The van der Waals surface area contributed by atoms with E-state index in [-0.39, 0.29) is 0 Å². The van der Waals surface area contributed by atoms with Gasteiger partial charge in [0, 0.05) is 28.4 Å². The number of rotatable bonds is 6. The number of hydrogen-bond acceptors (Lipinski definition) is 6. The summed E-state index contributed by atoms with van der Waals surface area (Å²) >= 11 is 1.72. The first-order valence-electron chi connectivity index (χ1n) is 8.52. The van der Waals surface area contributed by atoms with Crippen molar-refractivity contribution in [1.29, 1.82) is 0 Å². The van der Waals surface area contributed by atoms with E-state index in [9.17, 15) is 0 Å². The lowest BCUT2D eigenvalue weighted by Gasteiger charge is -2.13. The number of methoxy groups -OCH3 is 2. The quantitative estimate of drug-likeness (QED) is 0.513. The van der Waals surface area contributed by atoms with Crippen LogP contribution in [0.1, 0.15) is 5.56 Å². The molecule has 0 aliphatic carbocycles. The molecule has 0 amide bonds. The second kappa shape index (κ2) is 7.63. The van der Waals surface area contributed by atoms with E-state index in [1.807, 2.05) is 24.3 Å². The first kappa shape index (κ1) is 17.3. The van der Waals surface area contributed by atoms with Gasteiger partial charge in [-0.3, -0.25) is 0 Å². The summed E-state index contributed by atoms with van der Waals surface area (Å²) in [6, 6.07) is 16.2. The molecular weight excluding hydrogens is 358 g/mol. The molecule has 0 atom stereocenters. The Kier molecular flexibility index (Phi) is 4.89. The molecule has 0 aliphatic heterocycles. The molecule has 0 fully saturated rings. The Morgan fingerprint density at radius 2 is 1.93 bits per heavy atom. The summed E-state index contributed by atoms with van der Waals surface area (Å²) in [6.45, 7) is 0.586. The zero-order valence-corrected chi connectivity index (χ0v) is 15.9. The highest BCUT2D eigenvalue weighted by atomic mass is 32.1. The van der Waals surface area contributed by atoms with Crippen molar-refractivity contribution < 1.29 is 9.47 Å². The van der Waals surface area contributed by atoms with Gasteiger partial charge in [0.2, 0.25) is 0 Å². The van der Waals surface area contributed by atoms with E-state index in [0.29, 0.717) is 6.54 Å². The van der Waals surface area contributed by atoms with Gasteiger partial charge in [-0.25, -0.2) is 9.97 Å². The van der Waals surface area contributed by atoms with Crippen LogP contribution in [0.25, 0.3) is 21.3 Å². The molecule has 1 N–H and O–H groups in total. The zero-order chi connectivity index (χ0) is 18.6. The Bertz CT molecular complexity index is 1060. The van der Waals surface area contributed by atoms with Crippen molar-refractivity contribution >= 4 is 28.1 Å². The maximum atomic E-state index is 5.48. The van der Waals surface area contributed by atoms with E-state index >= 15 is 0 Å². The average Bonchev–Trinajstić information content (AvgIpc) is 3.26. The molecule has 2 aromatic heterocycles. The van der Waals surface area contributed by atoms with Gasteiger partial charge in [-0.1, -0.05) is 12.1 Å². The van der Waals surface area contributed by atoms with Gasteiger partial charge in [0.15, 0.2) is 0 Å². The highest BCUT2D eigenvalue weighted by Gasteiger charge is 2.09. The van der Waals surface area contributed by atoms with Crippen LogP contribution in [-0.2, 0) is 6.54 Å². The fourth-order valence-electron chi connectivity index (χ4n) is 2.97. The third-order valence-corrected chi connectivity index (χ3v) is 5.30. The molecule has 0 saturated heterocycles. The first-order chi connectivity index (χ1) is 13.3. The number of nitrogens with one attached hydrogen (secondary N) is 1. The SMILES string of the molecule is COc1ccc(CNc2ncnc3ccc(-c4cccs4)cc23)c(OC)c1. The van der Waals surface area contributed by atoms with Gasteiger partial charge in [-0.2, -0.15) is 0 Å². The zero-order valence-electron chi connectivity index (χ0n) is 15.1. The minimum atomic E-state index is 0.586. The predicted octanol–water partition coefficient (Wildman–Crippen LogP) is 4.99. The number of ether oxygens (including phenoxy) is 2. The molecule has 6 heteroatoms. The summed E-state index contributed by atoms with van der Waals surface area (Å²) in [5.74, 6) is 2.35. The first-order valence-corrected chi connectivity index (χ1v) is 9.40. The van der Waals surface area contributed by atoms with Crippen molar-refractivity contribution in [2.45, 2.75) is 6.54 Å². The summed E-state index contributed by atoms with van der Waals surface area (Å²) in [7, 11) is 3.30. The molecule has 2 aromatic carbocycles. The fraction of sp³-hybridized carbons (Fsp3) is 0.143. The van der Waals surface area contributed by atoms with Gasteiger partial charge in [0.1, 0.15) is 23.6 Å². The summed E-state index contributed by atoms with van der Waals surface area (Å²) < 4.78 is 10.7. The normalized spacial score (nSPS) is 10.7. The largest absolute Gasteiger partial charge is 0.497 e. The average molecular weight is 377 g/mol. The van der Waals surface area contributed by atoms with Crippen LogP contribution in [-0.4, -0.2) is 24.2 Å². The maximum absolute atomic E-state index is 5.48. The second-order valence-electron chi connectivity index (χ2n) is 5.96. The Hall–Kier alpha value is -3.12. The number of fused-ring (bicyclic) bond motifs is 1. The third-order valence-electron chi connectivity index (χ3n) is 4.38. The maximum Gasteiger partial charge on any atom is 0.137 e. The molecule has 4 rings (SSSR count). The van der Waals surface area contributed by atoms with Crippen molar-refractivity contribution in [2.75, 3.05) is 19.5 Å². The van der Waals surface area contributed by atoms with Gasteiger partial charge in [-0.15, -0.1) is 11.3 Å². The van der Waals surface area contributed by atoms with E-state index in [1.165, 1.54) is 4.88 Å². The molecule has 0 saturated carbocycles. The highest BCUT2D eigenvalue weighted by Crippen LogP contribution is 2.30. The Morgan fingerprint density at radius 3 is 2.70 bits per heavy atom. The van der Waals surface area contributed by atoms with Crippen LogP contribution < -0.4 is 14.8 Å². The van der Waals surface area contributed by atoms with Crippen molar-refractivity contribution in [3.05, 3.63) is 65.8 Å². The molecule has 0 unspecified atom stereocenters. The van der Waals surface area contributed by atoms with Crippen LogP contribution in [0, 0.1) is 0 Å². The van der Waals surface area contributed by atoms with Crippen LogP contribution in [0.3, 0.4) is 0 Å². The molecule has 0 aliphatic rings. The van der Waals surface area contributed by atoms with E-state index in [1.54, 1.807) is 31.9 Å². The van der Waals surface area contributed by atoms with Crippen LogP contribution in [0.15, 0.2) is 60.2 Å². The number of nitrogens with zero attached hydrogens (tertiary/aromatic N) is 2. The van der Waals surface area contributed by atoms with Gasteiger partial charge in [0.25, 0.3) is 0 Å². The van der Waals surface area contributed by atoms with Crippen LogP contribution in [0.5, 0.6) is 11.5 Å². The van der Waals surface area contributed by atoms with Crippen LogP contribution in [0.4, 0.5) is 5.82 Å². The lowest BCUT2D eigenvalue weighted by molar-refractivity contribution is 0.391. The molecule has 2 heterocycles. The predicted molar refractivity (Wildman–Crippen MR) is 110 cm³/mol. The molecule has 136 valence electrons. The van der Waals surface area contributed by atoms with Crippen LogP contribution in [0.2, 0.25) is 0 Å². The molecule has 5 nitrogen and oxygen atoms in total. The van der Waals surface area contributed by atoms with Crippen molar-refractivity contribution in [3.63, 3.8) is 0 Å². The van der Waals surface area contributed by atoms with E-state index in [4.69, 9.17) is 9.47 Å². The molecule has 0 bridgehead atoms. The summed E-state index contributed by atoms with van der Waals surface area (Å²) in [5, 5.41) is 6.50. The smallest absolute Gasteiger partial charge is 0.137 e. The van der Waals surface area contributed by atoms with E-state index in [0.717, 1.165) is 39.3 Å². The Balaban J connectivity index is 1.65. The number of thiophene rings is 1. The Labute approximate surface area is 161 Å². The molecule has 4 aromatic rings. The fourth-order valence-corrected chi connectivity index (χ4v) is 3.69. The van der Waals surface area contributed by atoms with Gasteiger partial charge in [-0.05, 0) is 41.3 Å². The number of hydrogen-bond donors (Lipinski definition) is 1. The summed E-state index contributed by atoms with van der Waals surface area (Å²) in [6.07, 6.45) is 1.58. The molecular formula is C21H19N3O2S. The third kappa shape index (κ3) is 3.57. The summed E-state index contributed by atoms with van der Waals surface area (Å²) in [4.78, 5) is 10.1. The highest BCUT2D eigenvalue weighted by molar-refractivity contribution is 7.13. The standard InChI is InChI=1S/C21H19N3O2S/c1-25-16-7-5-15(19(11-16)26-2)12-22-21-17-10-14(20-4-3-9-27-20)6-8-18(17)23-13-24-21/h3-11,13H,12H2,1-2H3,(H,22,23,24). The minimum Gasteiger partial charge on any atom is -0.497 e. The van der Waals surface area contributed by atoms with Crippen molar-refractivity contribution in [3.8, 4) is 21.9 Å². The monoisotopic (exact) mass is 377 g/mol. The summed E-state index contributed by atoms with van der Waals surface area (Å²) in [5.41, 5.74) is 3.10. The lowest BCUT2D eigenvalue weighted by atomic mass is 10.1. The van der Waals surface area contributed by atoms with Gasteiger partial charge < -0.3 is 14.8 Å². The Morgan fingerprint density at radius 1 is 1.00 bits per heavy atom. The molecule has 0 radical (unpaired) electrons. The van der Waals surface area contributed by atoms with E-state index < -0.39 is 0 Å². The van der Waals surface area contributed by atoms with Crippen molar-refractivity contribution in [1.82, 2.24) is 9.97 Å². The minimum absolute atomic E-state index is 0.586. The number of aromatic nitrogens is 2. The lowest BCUT2D eigenvalue weighted by Crippen LogP contribution is -2.04. The van der Waals surface area contributed by atoms with Crippen molar-refractivity contribution in [2.24, 2.45) is 0 Å². The molecule has 27 heavy (non-hydrogen) atoms. The van der Waals surface area contributed by atoms with E-state index in [2.05, 4.69) is 44.9 Å². The van der Waals surface area contributed by atoms with Gasteiger partial charge in [0.05, 0.1) is 19.7 Å². The number of anilines is 1.